The van der Waals surface area contributed by atoms with Gasteiger partial charge in [-0.25, -0.2) is 0 Å². The number of aliphatic hydroxyl groups excluding tert-OH is 1. The minimum atomic E-state index is -0.0375. The molecule has 0 aromatic carbocycles. The first kappa shape index (κ1) is 12.9. The van der Waals surface area contributed by atoms with Gasteiger partial charge in [0.1, 0.15) is 0 Å². The third-order valence-corrected chi connectivity index (χ3v) is 2.88. The smallest absolute Gasteiger partial charge is 0.0612 e. The van der Waals surface area contributed by atoms with E-state index >= 15 is 0 Å². The highest BCUT2D eigenvalue weighted by molar-refractivity contribution is 4.86. The lowest BCUT2D eigenvalue weighted by molar-refractivity contribution is 0.0169. The average molecular weight is 187 g/mol. The summed E-state index contributed by atoms with van der Waals surface area (Å²) in [7, 11) is 0. The topological polar surface area (TPSA) is 23.5 Å². The van der Waals surface area contributed by atoms with Gasteiger partial charge in [0.15, 0.2) is 0 Å². The van der Waals surface area contributed by atoms with E-state index in [2.05, 4.69) is 39.5 Å². The highest BCUT2D eigenvalue weighted by atomic mass is 16.3. The van der Waals surface area contributed by atoms with E-state index in [0.29, 0.717) is 6.04 Å². The molecule has 0 fully saturated rings. The van der Waals surface area contributed by atoms with Crippen molar-refractivity contribution >= 4 is 0 Å². The molecule has 80 valence electrons. The maximum Gasteiger partial charge on any atom is 0.0612 e. The number of nitrogens with zero attached hydrogens (tertiary/aromatic N) is 1. The molecule has 0 heterocycles. The predicted molar refractivity (Wildman–Crippen MR) is 57.9 cm³/mol. The van der Waals surface area contributed by atoms with Crippen molar-refractivity contribution < 1.29 is 5.11 Å². The molecule has 1 atom stereocenters. The molecule has 2 heteroatoms. The zero-order valence-electron chi connectivity index (χ0n) is 9.80. The van der Waals surface area contributed by atoms with Crippen LogP contribution >= 0.6 is 0 Å². The minimum Gasteiger partial charge on any atom is -0.394 e. The second kappa shape index (κ2) is 5.61. The van der Waals surface area contributed by atoms with Gasteiger partial charge in [0, 0.05) is 11.6 Å². The molecule has 0 saturated carbocycles. The fourth-order valence-electron chi connectivity index (χ4n) is 1.80. The van der Waals surface area contributed by atoms with Crippen molar-refractivity contribution in [3.05, 3.63) is 0 Å². The lowest BCUT2D eigenvalue weighted by Gasteiger charge is -2.42. The van der Waals surface area contributed by atoms with Crippen molar-refractivity contribution in [3.8, 4) is 0 Å². The van der Waals surface area contributed by atoms with E-state index in [4.69, 9.17) is 0 Å². The Morgan fingerprint density at radius 2 is 1.85 bits per heavy atom. The maximum absolute atomic E-state index is 9.39. The van der Waals surface area contributed by atoms with Crippen LogP contribution in [0.25, 0.3) is 0 Å². The van der Waals surface area contributed by atoms with E-state index in [1.165, 1.54) is 0 Å². The lowest BCUT2D eigenvalue weighted by Crippen LogP contribution is -2.52. The van der Waals surface area contributed by atoms with Gasteiger partial charge in [-0.2, -0.15) is 0 Å². The summed E-state index contributed by atoms with van der Waals surface area (Å²) < 4.78 is 0. The zero-order valence-corrected chi connectivity index (χ0v) is 9.80. The van der Waals surface area contributed by atoms with Gasteiger partial charge in [0.2, 0.25) is 0 Å². The quantitative estimate of drug-likeness (QED) is 0.689. The van der Waals surface area contributed by atoms with Gasteiger partial charge in [0.25, 0.3) is 0 Å². The van der Waals surface area contributed by atoms with Crippen LogP contribution in [0.1, 0.15) is 47.5 Å². The molecule has 0 spiro atoms. The van der Waals surface area contributed by atoms with Crippen molar-refractivity contribution in [3.63, 3.8) is 0 Å². The summed E-state index contributed by atoms with van der Waals surface area (Å²) in [5.74, 6) is 0. The van der Waals surface area contributed by atoms with Crippen LogP contribution in [0.3, 0.4) is 0 Å². The van der Waals surface area contributed by atoms with Gasteiger partial charge in [0.05, 0.1) is 6.61 Å². The van der Waals surface area contributed by atoms with Gasteiger partial charge >= 0.3 is 0 Å². The lowest BCUT2D eigenvalue weighted by atomic mass is 9.95. The minimum absolute atomic E-state index is 0.0375. The first-order chi connectivity index (χ1) is 6.01. The van der Waals surface area contributed by atoms with E-state index in [1.54, 1.807) is 0 Å². The Balaban J connectivity index is 4.48. The molecule has 13 heavy (non-hydrogen) atoms. The molecule has 0 aliphatic carbocycles. The van der Waals surface area contributed by atoms with Gasteiger partial charge in [-0.3, -0.25) is 4.90 Å². The van der Waals surface area contributed by atoms with Crippen LogP contribution in [0.5, 0.6) is 0 Å². The van der Waals surface area contributed by atoms with Crippen molar-refractivity contribution in [2.24, 2.45) is 0 Å². The fourth-order valence-corrected chi connectivity index (χ4v) is 1.80. The van der Waals surface area contributed by atoms with Crippen molar-refractivity contribution in [2.75, 3.05) is 13.2 Å². The Morgan fingerprint density at radius 3 is 2.08 bits per heavy atom. The zero-order chi connectivity index (χ0) is 10.5. The monoisotopic (exact) mass is 187 g/mol. The summed E-state index contributed by atoms with van der Waals surface area (Å²) in [6.45, 7) is 12.2. The average Bonchev–Trinajstić information content (AvgIpc) is 2.12. The molecule has 0 radical (unpaired) electrons. The Bertz CT molecular complexity index is 130. The third-order valence-electron chi connectivity index (χ3n) is 2.88. The summed E-state index contributed by atoms with van der Waals surface area (Å²) in [5.41, 5.74) is -0.0375. The fraction of sp³-hybridized carbons (Fsp3) is 1.00. The number of hydrogen-bond acceptors (Lipinski definition) is 2. The van der Waals surface area contributed by atoms with Crippen LogP contribution in [0, 0.1) is 0 Å². The van der Waals surface area contributed by atoms with Crippen molar-refractivity contribution in [1.29, 1.82) is 0 Å². The van der Waals surface area contributed by atoms with E-state index in [1.807, 2.05) is 0 Å². The SMILES string of the molecule is CCCN(C(C)C)C(C)(CC)CO. The molecular weight excluding hydrogens is 162 g/mol. The van der Waals surface area contributed by atoms with E-state index < -0.39 is 0 Å². The molecule has 0 bridgehead atoms. The molecule has 0 amide bonds. The molecule has 2 nitrogen and oxygen atoms in total. The van der Waals surface area contributed by atoms with Crippen molar-refractivity contribution in [1.82, 2.24) is 4.90 Å². The number of rotatable bonds is 6. The number of hydrogen-bond donors (Lipinski definition) is 1. The molecule has 0 aliphatic heterocycles. The van der Waals surface area contributed by atoms with Crippen LogP contribution in [-0.4, -0.2) is 34.7 Å². The van der Waals surface area contributed by atoms with Gasteiger partial charge in [-0.1, -0.05) is 13.8 Å². The Labute approximate surface area is 82.9 Å². The highest BCUT2D eigenvalue weighted by Crippen LogP contribution is 2.21. The first-order valence-corrected chi connectivity index (χ1v) is 5.39. The molecule has 1 N–H and O–H groups in total. The standard InChI is InChI=1S/C11H25NO/c1-6-8-12(10(3)4)11(5,7-2)9-13/h10,13H,6-9H2,1-5H3. The van der Waals surface area contributed by atoms with Crippen molar-refractivity contribution in [2.45, 2.75) is 59.0 Å². The summed E-state index contributed by atoms with van der Waals surface area (Å²) >= 11 is 0. The van der Waals surface area contributed by atoms with Crippen LogP contribution in [0.2, 0.25) is 0 Å². The Morgan fingerprint density at radius 1 is 1.31 bits per heavy atom. The van der Waals surface area contributed by atoms with Crippen LogP contribution in [0.15, 0.2) is 0 Å². The Kier molecular flexibility index (Phi) is 5.57. The normalized spacial score (nSPS) is 16.6. The first-order valence-electron chi connectivity index (χ1n) is 5.39. The summed E-state index contributed by atoms with van der Waals surface area (Å²) in [6.07, 6.45) is 2.15. The van der Waals surface area contributed by atoms with E-state index in [9.17, 15) is 5.11 Å². The van der Waals surface area contributed by atoms with Crippen LogP contribution in [-0.2, 0) is 0 Å². The molecule has 0 aromatic rings. The van der Waals surface area contributed by atoms with Gasteiger partial charge in [-0.15, -0.1) is 0 Å². The molecule has 0 saturated heterocycles. The molecular formula is C11H25NO. The van der Waals surface area contributed by atoms with Gasteiger partial charge < -0.3 is 5.11 Å². The Hall–Kier alpha value is -0.0800. The van der Waals surface area contributed by atoms with Crippen LogP contribution < -0.4 is 0 Å². The predicted octanol–water partition coefficient (Wildman–Crippen LogP) is 2.27. The van der Waals surface area contributed by atoms with Gasteiger partial charge in [-0.05, 0) is 40.2 Å². The second-order valence-corrected chi connectivity index (χ2v) is 4.30. The number of aliphatic hydroxyl groups is 1. The van der Waals surface area contributed by atoms with E-state index in [0.717, 1.165) is 19.4 Å². The summed E-state index contributed by atoms with van der Waals surface area (Å²) in [6, 6.07) is 0.511. The molecule has 0 rings (SSSR count). The summed E-state index contributed by atoms with van der Waals surface area (Å²) in [5, 5.41) is 9.39. The second-order valence-electron chi connectivity index (χ2n) is 4.30. The van der Waals surface area contributed by atoms with Crippen LogP contribution in [0.4, 0.5) is 0 Å². The highest BCUT2D eigenvalue weighted by Gasteiger charge is 2.30. The maximum atomic E-state index is 9.39. The third kappa shape index (κ3) is 3.28. The molecule has 0 aromatic heterocycles. The summed E-state index contributed by atoms with van der Waals surface area (Å²) in [4.78, 5) is 2.40. The molecule has 1 unspecified atom stereocenters. The molecule has 0 aliphatic rings. The van der Waals surface area contributed by atoms with E-state index in [-0.39, 0.29) is 12.1 Å². The largest absolute Gasteiger partial charge is 0.394 e.